The summed E-state index contributed by atoms with van der Waals surface area (Å²) in [6.07, 6.45) is 2.57. The number of nitrogens with one attached hydrogen (secondary N) is 1. The zero-order valence-corrected chi connectivity index (χ0v) is 15.6. The first-order valence-corrected chi connectivity index (χ1v) is 8.98. The Kier molecular flexibility index (Phi) is 9.02. The Bertz CT molecular complexity index is 379. The third kappa shape index (κ3) is 9.15. The lowest BCUT2D eigenvalue weighted by Crippen LogP contribution is -2.32. The Balaban J connectivity index is 2.36. The Hall–Kier alpha value is -0.540. The molecular weight excluding hydrogens is 324 g/mol. The fourth-order valence-electron chi connectivity index (χ4n) is 2.17. The Morgan fingerprint density at radius 1 is 1.00 bits per heavy atom. The Morgan fingerprint density at radius 3 is 2.14 bits per heavy atom. The van der Waals surface area contributed by atoms with E-state index < -0.39 is 0 Å². The fourth-order valence-corrected chi connectivity index (χ4v) is 2.57. The third-order valence-electron chi connectivity index (χ3n) is 3.63. The molecule has 21 heavy (non-hydrogen) atoms. The van der Waals surface area contributed by atoms with E-state index in [2.05, 4.69) is 78.1 Å². The zero-order chi connectivity index (χ0) is 15.7. The topological polar surface area (TPSA) is 15.3 Å². The predicted octanol–water partition coefficient (Wildman–Crippen LogP) is 5.26. The molecule has 2 nitrogen and oxygen atoms in total. The first-order chi connectivity index (χ1) is 9.97. The lowest BCUT2D eigenvalue weighted by Gasteiger charge is -2.24. The van der Waals surface area contributed by atoms with Gasteiger partial charge in [0.05, 0.1) is 0 Å². The molecule has 1 rings (SSSR count). The zero-order valence-electron chi connectivity index (χ0n) is 14.0. The minimum absolute atomic E-state index is 0.782. The highest BCUT2D eigenvalue weighted by Gasteiger charge is 2.07. The van der Waals surface area contributed by atoms with Gasteiger partial charge in [-0.2, -0.15) is 0 Å². The van der Waals surface area contributed by atoms with Gasteiger partial charge in [-0.25, -0.2) is 0 Å². The molecule has 3 heteroatoms. The molecule has 0 bridgehead atoms. The van der Waals surface area contributed by atoms with Crippen molar-refractivity contribution in [3.8, 4) is 0 Å². The van der Waals surface area contributed by atoms with Gasteiger partial charge in [0, 0.05) is 23.2 Å². The van der Waals surface area contributed by atoms with Crippen molar-refractivity contribution < 1.29 is 0 Å². The number of halogens is 1. The second-order valence-corrected chi connectivity index (χ2v) is 7.56. The average molecular weight is 355 g/mol. The van der Waals surface area contributed by atoms with Crippen molar-refractivity contribution in [2.75, 3.05) is 31.5 Å². The highest BCUT2D eigenvalue weighted by Crippen LogP contribution is 2.15. The van der Waals surface area contributed by atoms with Crippen molar-refractivity contribution in [1.29, 1.82) is 0 Å². The normalized spacial score (nSPS) is 11.6. The van der Waals surface area contributed by atoms with Crippen LogP contribution >= 0.6 is 15.9 Å². The van der Waals surface area contributed by atoms with Gasteiger partial charge in [-0.05, 0) is 56.0 Å². The van der Waals surface area contributed by atoms with Gasteiger partial charge < -0.3 is 10.2 Å². The number of benzene rings is 1. The van der Waals surface area contributed by atoms with Gasteiger partial charge in [-0.15, -0.1) is 0 Å². The van der Waals surface area contributed by atoms with Crippen LogP contribution in [0.4, 0.5) is 5.69 Å². The number of rotatable bonds is 10. The third-order valence-corrected chi connectivity index (χ3v) is 4.12. The molecule has 0 aromatic heterocycles. The minimum Gasteiger partial charge on any atom is -0.384 e. The molecule has 0 spiro atoms. The van der Waals surface area contributed by atoms with Crippen LogP contribution in [0.1, 0.15) is 40.5 Å². The second kappa shape index (κ2) is 10.2. The molecule has 0 unspecified atom stereocenters. The van der Waals surface area contributed by atoms with Crippen molar-refractivity contribution >= 4 is 21.6 Å². The summed E-state index contributed by atoms with van der Waals surface area (Å²) >= 11 is 3.51. The molecule has 0 atom stereocenters. The van der Waals surface area contributed by atoms with E-state index in [1.165, 1.54) is 31.6 Å². The summed E-state index contributed by atoms with van der Waals surface area (Å²) in [5.74, 6) is 1.56. The van der Waals surface area contributed by atoms with Crippen LogP contribution in [0.15, 0.2) is 28.7 Å². The number of hydrogen-bond donors (Lipinski definition) is 1. The summed E-state index contributed by atoms with van der Waals surface area (Å²) < 4.78 is 1.13. The summed E-state index contributed by atoms with van der Waals surface area (Å²) in [6, 6.07) is 8.38. The van der Waals surface area contributed by atoms with Crippen LogP contribution in [0.3, 0.4) is 0 Å². The van der Waals surface area contributed by atoms with Gasteiger partial charge in [0.25, 0.3) is 0 Å². The van der Waals surface area contributed by atoms with Crippen LogP contribution < -0.4 is 5.32 Å². The molecule has 1 N–H and O–H groups in total. The van der Waals surface area contributed by atoms with Crippen LogP contribution in [-0.2, 0) is 0 Å². The molecule has 0 saturated heterocycles. The number of nitrogens with zero attached hydrogens (tertiary/aromatic N) is 1. The first-order valence-electron chi connectivity index (χ1n) is 8.19. The molecule has 1 aromatic carbocycles. The Labute approximate surface area is 139 Å². The smallest absolute Gasteiger partial charge is 0.0351 e. The number of hydrogen-bond acceptors (Lipinski definition) is 2. The van der Waals surface area contributed by atoms with Crippen molar-refractivity contribution in [1.82, 2.24) is 4.90 Å². The molecule has 0 fully saturated rings. The van der Waals surface area contributed by atoms with E-state index >= 15 is 0 Å². The van der Waals surface area contributed by atoms with E-state index in [4.69, 9.17) is 0 Å². The SMILES string of the molecule is CC(C)CCN(CCNc1cccc(Br)c1)CCC(C)C. The summed E-state index contributed by atoms with van der Waals surface area (Å²) in [4.78, 5) is 2.60. The summed E-state index contributed by atoms with van der Waals surface area (Å²) in [5, 5.41) is 3.52. The molecule has 0 saturated carbocycles. The van der Waals surface area contributed by atoms with E-state index in [-0.39, 0.29) is 0 Å². The van der Waals surface area contributed by atoms with Gasteiger partial charge in [0.15, 0.2) is 0 Å². The van der Waals surface area contributed by atoms with Crippen molar-refractivity contribution in [2.24, 2.45) is 11.8 Å². The molecule has 0 aliphatic carbocycles. The van der Waals surface area contributed by atoms with Gasteiger partial charge in [0.2, 0.25) is 0 Å². The maximum Gasteiger partial charge on any atom is 0.0351 e. The van der Waals surface area contributed by atoms with E-state index in [0.717, 1.165) is 29.4 Å². The molecule has 1 aromatic rings. The maximum absolute atomic E-state index is 3.52. The molecule has 0 amide bonds. The summed E-state index contributed by atoms with van der Waals surface area (Å²) in [5.41, 5.74) is 1.19. The molecular formula is C18H31BrN2. The highest BCUT2D eigenvalue weighted by atomic mass is 79.9. The van der Waals surface area contributed by atoms with Crippen LogP contribution in [-0.4, -0.2) is 31.1 Å². The van der Waals surface area contributed by atoms with Gasteiger partial charge in [0.1, 0.15) is 0 Å². The lowest BCUT2D eigenvalue weighted by molar-refractivity contribution is 0.252. The van der Waals surface area contributed by atoms with Crippen molar-refractivity contribution in [2.45, 2.75) is 40.5 Å². The molecule has 0 radical (unpaired) electrons. The fraction of sp³-hybridized carbons (Fsp3) is 0.667. The summed E-state index contributed by atoms with van der Waals surface area (Å²) in [6.45, 7) is 13.8. The quantitative estimate of drug-likeness (QED) is 0.616. The van der Waals surface area contributed by atoms with Gasteiger partial charge >= 0.3 is 0 Å². The van der Waals surface area contributed by atoms with E-state index in [0.29, 0.717) is 0 Å². The molecule has 0 aliphatic rings. The predicted molar refractivity (Wildman–Crippen MR) is 98.0 cm³/mol. The van der Waals surface area contributed by atoms with Crippen LogP contribution in [0.25, 0.3) is 0 Å². The van der Waals surface area contributed by atoms with Crippen LogP contribution in [0.5, 0.6) is 0 Å². The van der Waals surface area contributed by atoms with Crippen molar-refractivity contribution in [3.63, 3.8) is 0 Å². The molecule has 0 aliphatic heterocycles. The standard InChI is InChI=1S/C18H31BrN2/c1-15(2)8-11-21(12-9-16(3)4)13-10-20-18-7-5-6-17(19)14-18/h5-7,14-16,20H,8-13H2,1-4H3. The van der Waals surface area contributed by atoms with E-state index in [1.54, 1.807) is 0 Å². The van der Waals surface area contributed by atoms with Crippen LogP contribution in [0.2, 0.25) is 0 Å². The largest absolute Gasteiger partial charge is 0.384 e. The number of anilines is 1. The van der Waals surface area contributed by atoms with Crippen molar-refractivity contribution in [3.05, 3.63) is 28.7 Å². The summed E-state index contributed by atoms with van der Waals surface area (Å²) in [7, 11) is 0. The van der Waals surface area contributed by atoms with Gasteiger partial charge in [-0.1, -0.05) is 49.7 Å². The monoisotopic (exact) mass is 354 g/mol. The van der Waals surface area contributed by atoms with Crippen LogP contribution in [0, 0.1) is 11.8 Å². The highest BCUT2D eigenvalue weighted by molar-refractivity contribution is 9.10. The second-order valence-electron chi connectivity index (χ2n) is 6.64. The average Bonchev–Trinajstić information content (AvgIpc) is 2.41. The van der Waals surface area contributed by atoms with E-state index in [9.17, 15) is 0 Å². The van der Waals surface area contributed by atoms with Gasteiger partial charge in [-0.3, -0.25) is 0 Å². The molecule has 120 valence electrons. The Morgan fingerprint density at radius 2 is 1.62 bits per heavy atom. The first kappa shape index (κ1) is 18.5. The van der Waals surface area contributed by atoms with E-state index in [1.807, 2.05) is 0 Å². The molecule has 0 heterocycles. The minimum atomic E-state index is 0.782. The lowest BCUT2D eigenvalue weighted by atomic mass is 10.1. The maximum atomic E-state index is 3.52.